The van der Waals surface area contributed by atoms with Gasteiger partial charge >= 0.3 is 0 Å². The van der Waals surface area contributed by atoms with Crippen molar-refractivity contribution in [3.05, 3.63) is 47.2 Å². The van der Waals surface area contributed by atoms with Gasteiger partial charge in [-0.2, -0.15) is 4.52 Å². The van der Waals surface area contributed by atoms with Crippen LogP contribution in [-0.2, 0) is 0 Å². The van der Waals surface area contributed by atoms with Crippen molar-refractivity contribution in [1.29, 1.82) is 0 Å². The number of nitrogens with zero attached hydrogens (tertiary/aromatic N) is 6. The molecule has 0 radical (unpaired) electrons. The summed E-state index contributed by atoms with van der Waals surface area (Å²) >= 11 is 6.14. The highest BCUT2D eigenvalue weighted by molar-refractivity contribution is 6.30. The van der Waals surface area contributed by atoms with Gasteiger partial charge in [-0.05, 0) is 36.8 Å². The van der Waals surface area contributed by atoms with E-state index < -0.39 is 0 Å². The number of piperazine rings is 1. The van der Waals surface area contributed by atoms with Gasteiger partial charge < -0.3 is 9.80 Å². The number of hydrogen-bond acceptors (Lipinski definition) is 5. The van der Waals surface area contributed by atoms with Gasteiger partial charge in [0.25, 0.3) is 0 Å². The average Bonchev–Trinajstić information content (AvgIpc) is 3.05. The summed E-state index contributed by atoms with van der Waals surface area (Å²) in [5.74, 6) is 0.958. The summed E-state index contributed by atoms with van der Waals surface area (Å²) < 4.78 is 1.71. The third kappa shape index (κ3) is 2.70. The molecule has 3 aromatic rings. The van der Waals surface area contributed by atoms with Gasteiger partial charge in [-0.15, -0.1) is 15.3 Å². The molecular formula is C16H17ClN6. The minimum Gasteiger partial charge on any atom is -0.368 e. The summed E-state index contributed by atoms with van der Waals surface area (Å²) in [6.07, 6.45) is 1.63. The van der Waals surface area contributed by atoms with E-state index in [1.807, 2.05) is 24.3 Å². The lowest BCUT2D eigenvalue weighted by Crippen LogP contribution is -2.47. The fraction of sp³-hybridized carbons (Fsp3) is 0.312. The molecule has 2 aromatic heterocycles. The Labute approximate surface area is 139 Å². The number of halogens is 1. The predicted octanol–water partition coefficient (Wildman–Crippen LogP) is 2.41. The van der Waals surface area contributed by atoms with Gasteiger partial charge in [0.05, 0.1) is 0 Å². The highest BCUT2D eigenvalue weighted by Gasteiger charge is 2.20. The van der Waals surface area contributed by atoms with E-state index in [0.717, 1.165) is 42.7 Å². The first-order valence-corrected chi connectivity index (χ1v) is 8.02. The van der Waals surface area contributed by atoms with Crippen molar-refractivity contribution in [2.24, 2.45) is 0 Å². The van der Waals surface area contributed by atoms with Crippen LogP contribution in [0.25, 0.3) is 5.65 Å². The van der Waals surface area contributed by atoms with Crippen molar-refractivity contribution >= 4 is 28.8 Å². The van der Waals surface area contributed by atoms with Crippen LogP contribution >= 0.6 is 11.6 Å². The first-order valence-electron chi connectivity index (χ1n) is 7.64. The Morgan fingerprint density at radius 2 is 1.78 bits per heavy atom. The van der Waals surface area contributed by atoms with Crippen LogP contribution in [0.4, 0.5) is 11.5 Å². The molecule has 6 nitrogen and oxygen atoms in total. The molecule has 1 aliphatic heterocycles. The van der Waals surface area contributed by atoms with Crippen molar-refractivity contribution in [2.75, 3.05) is 36.0 Å². The van der Waals surface area contributed by atoms with Crippen molar-refractivity contribution in [1.82, 2.24) is 19.8 Å². The summed E-state index contributed by atoms with van der Waals surface area (Å²) in [5, 5.41) is 13.2. The van der Waals surface area contributed by atoms with Crippen LogP contribution in [0, 0.1) is 6.92 Å². The Morgan fingerprint density at radius 1 is 1.00 bits per heavy atom. The largest absolute Gasteiger partial charge is 0.368 e. The Kier molecular flexibility index (Phi) is 3.53. The van der Waals surface area contributed by atoms with E-state index in [0.29, 0.717) is 0 Å². The minimum atomic E-state index is 0.766. The Hall–Kier alpha value is -2.34. The van der Waals surface area contributed by atoms with Crippen LogP contribution in [0.15, 0.2) is 36.7 Å². The number of rotatable bonds is 2. The van der Waals surface area contributed by atoms with Crippen LogP contribution < -0.4 is 9.80 Å². The van der Waals surface area contributed by atoms with Crippen molar-refractivity contribution in [3.63, 3.8) is 0 Å². The molecule has 1 saturated heterocycles. The molecule has 4 rings (SSSR count). The van der Waals surface area contributed by atoms with Crippen LogP contribution in [0.5, 0.6) is 0 Å². The molecule has 0 atom stereocenters. The summed E-state index contributed by atoms with van der Waals surface area (Å²) in [6, 6.07) is 10.0. The van der Waals surface area contributed by atoms with Crippen LogP contribution in [-0.4, -0.2) is 46.0 Å². The molecule has 0 amide bonds. The number of anilines is 2. The normalized spacial score (nSPS) is 15.4. The maximum atomic E-state index is 6.14. The second kappa shape index (κ2) is 5.70. The third-order valence-electron chi connectivity index (χ3n) is 4.26. The van der Waals surface area contributed by atoms with E-state index in [1.54, 1.807) is 10.8 Å². The second-order valence-corrected chi connectivity index (χ2v) is 6.17. The molecule has 0 unspecified atom stereocenters. The van der Waals surface area contributed by atoms with Crippen LogP contribution in [0.2, 0.25) is 5.02 Å². The molecule has 7 heteroatoms. The zero-order chi connectivity index (χ0) is 15.8. The first kappa shape index (κ1) is 14.3. The van der Waals surface area contributed by atoms with Crippen LogP contribution in [0.3, 0.4) is 0 Å². The lowest BCUT2D eigenvalue weighted by molar-refractivity contribution is 0.640. The number of hydrogen-bond donors (Lipinski definition) is 0. The standard InChI is InChI=1S/C16H17ClN6/c1-12-2-3-13(17)10-14(12)21-6-8-22(9-7-21)16-5-4-15-19-18-11-23(15)20-16/h2-5,10-11H,6-9H2,1H3. The highest BCUT2D eigenvalue weighted by Crippen LogP contribution is 2.26. The Bertz CT molecular complexity index is 837. The lowest BCUT2D eigenvalue weighted by atomic mass is 10.1. The minimum absolute atomic E-state index is 0.766. The van der Waals surface area contributed by atoms with E-state index >= 15 is 0 Å². The van der Waals surface area contributed by atoms with Crippen molar-refractivity contribution in [3.8, 4) is 0 Å². The zero-order valence-corrected chi connectivity index (χ0v) is 13.6. The topological polar surface area (TPSA) is 49.6 Å². The molecule has 118 valence electrons. The van der Waals surface area contributed by atoms with Crippen molar-refractivity contribution < 1.29 is 0 Å². The lowest BCUT2D eigenvalue weighted by Gasteiger charge is -2.37. The number of benzene rings is 1. The van der Waals surface area contributed by atoms with E-state index in [2.05, 4.69) is 38.1 Å². The molecule has 1 aromatic carbocycles. The van der Waals surface area contributed by atoms with Gasteiger partial charge in [0.15, 0.2) is 5.65 Å². The van der Waals surface area contributed by atoms with Gasteiger partial charge in [-0.3, -0.25) is 0 Å². The smallest absolute Gasteiger partial charge is 0.177 e. The quantitative estimate of drug-likeness (QED) is 0.723. The molecule has 3 heterocycles. The molecule has 0 N–H and O–H groups in total. The number of aryl methyl sites for hydroxylation is 1. The van der Waals surface area contributed by atoms with Gasteiger partial charge in [0.2, 0.25) is 0 Å². The monoisotopic (exact) mass is 328 g/mol. The molecule has 0 bridgehead atoms. The fourth-order valence-corrected chi connectivity index (χ4v) is 3.15. The van der Waals surface area contributed by atoms with Gasteiger partial charge in [0.1, 0.15) is 12.1 Å². The highest BCUT2D eigenvalue weighted by atomic mass is 35.5. The van der Waals surface area contributed by atoms with E-state index in [4.69, 9.17) is 11.6 Å². The Morgan fingerprint density at radius 3 is 2.61 bits per heavy atom. The second-order valence-electron chi connectivity index (χ2n) is 5.73. The number of aromatic nitrogens is 4. The molecule has 23 heavy (non-hydrogen) atoms. The summed E-state index contributed by atoms with van der Waals surface area (Å²) in [4.78, 5) is 4.67. The molecule has 1 aliphatic rings. The van der Waals surface area contributed by atoms with Gasteiger partial charge in [0, 0.05) is 36.9 Å². The summed E-state index contributed by atoms with van der Waals surface area (Å²) in [5.41, 5.74) is 3.24. The predicted molar refractivity (Wildman–Crippen MR) is 91.4 cm³/mol. The van der Waals surface area contributed by atoms with Crippen LogP contribution in [0.1, 0.15) is 5.56 Å². The van der Waals surface area contributed by atoms with E-state index in [9.17, 15) is 0 Å². The maximum Gasteiger partial charge on any atom is 0.177 e. The SMILES string of the molecule is Cc1ccc(Cl)cc1N1CCN(c2ccc3nncn3n2)CC1. The molecule has 0 aliphatic carbocycles. The molecular weight excluding hydrogens is 312 g/mol. The molecule has 1 fully saturated rings. The summed E-state index contributed by atoms with van der Waals surface area (Å²) in [7, 11) is 0. The first-order chi connectivity index (χ1) is 11.2. The zero-order valence-electron chi connectivity index (χ0n) is 12.9. The van der Waals surface area contributed by atoms with Gasteiger partial charge in [-0.25, -0.2) is 0 Å². The maximum absolute atomic E-state index is 6.14. The van der Waals surface area contributed by atoms with E-state index in [-0.39, 0.29) is 0 Å². The number of fused-ring (bicyclic) bond motifs is 1. The van der Waals surface area contributed by atoms with Gasteiger partial charge in [-0.1, -0.05) is 17.7 Å². The van der Waals surface area contributed by atoms with E-state index in [1.165, 1.54) is 11.3 Å². The molecule has 0 spiro atoms. The summed E-state index contributed by atoms with van der Waals surface area (Å²) in [6.45, 7) is 5.87. The van der Waals surface area contributed by atoms with Crippen molar-refractivity contribution in [2.45, 2.75) is 6.92 Å². The third-order valence-corrected chi connectivity index (χ3v) is 4.50. The fourth-order valence-electron chi connectivity index (χ4n) is 2.99. The average molecular weight is 329 g/mol. The Balaban J connectivity index is 1.51. The molecule has 0 saturated carbocycles.